The lowest BCUT2D eigenvalue weighted by atomic mass is 10.2. The van der Waals surface area contributed by atoms with Gasteiger partial charge in [0.05, 0.1) is 6.67 Å². The fourth-order valence-corrected chi connectivity index (χ4v) is 0.583. The summed E-state index contributed by atoms with van der Waals surface area (Å²) in [7, 11) is 0. The van der Waals surface area contributed by atoms with Crippen LogP contribution in [0.25, 0.3) is 0 Å². The fraction of sp³-hybridized carbons (Fsp3) is 0.875. The van der Waals surface area contributed by atoms with E-state index in [1.54, 1.807) is 6.92 Å². The molecule has 3 heteroatoms. The molecule has 0 saturated carbocycles. The van der Waals surface area contributed by atoms with Gasteiger partial charge < -0.3 is 5.32 Å². The number of carbonyl (C=O) groups is 1. The van der Waals surface area contributed by atoms with E-state index < -0.39 is 0 Å². The quantitative estimate of drug-likeness (QED) is 0.676. The monoisotopic (exact) mass is 163 g/mol. The second-order valence-electron chi connectivity index (χ2n) is 2.08. The summed E-state index contributed by atoms with van der Waals surface area (Å²) >= 11 is 0. The topological polar surface area (TPSA) is 29.1 Å². The molecule has 0 aromatic carbocycles. The van der Waals surface area contributed by atoms with Crippen LogP contribution in [-0.4, -0.2) is 18.6 Å². The first-order valence-corrected chi connectivity index (χ1v) is 4.00. The molecule has 1 N–H and O–H groups in total. The van der Waals surface area contributed by atoms with E-state index in [2.05, 4.69) is 5.32 Å². The van der Waals surface area contributed by atoms with Crippen molar-refractivity contribution in [1.29, 1.82) is 0 Å². The zero-order valence-corrected chi connectivity index (χ0v) is 7.78. The number of alkyl halides is 1. The number of rotatable bonds is 3. The molecule has 0 aliphatic rings. The molecule has 0 aromatic heterocycles. The standard InChI is InChI=1S/C6H12FNO.C2H6/c1-5(3-4-7)8-6(2)9;1-2/h5H,3-4H2,1-2H3,(H,8,9);1-2H3. The summed E-state index contributed by atoms with van der Waals surface area (Å²) in [5.41, 5.74) is 0. The Bertz CT molecular complexity index is 96.1. The van der Waals surface area contributed by atoms with Crippen molar-refractivity contribution in [3.05, 3.63) is 0 Å². The highest BCUT2D eigenvalue weighted by atomic mass is 19.1. The molecule has 1 unspecified atom stereocenters. The van der Waals surface area contributed by atoms with Crippen molar-refractivity contribution in [1.82, 2.24) is 5.32 Å². The third-order valence-corrected chi connectivity index (χ3v) is 0.992. The second-order valence-corrected chi connectivity index (χ2v) is 2.08. The van der Waals surface area contributed by atoms with Crippen molar-refractivity contribution in [2.45, 2.75) is 40.2 Å². The van der Waals surface area contributed by atoms with Crippen LogP contribution in [0.3, 0.4) is 0 Å². The number of amides is 1. The Kier molecular flexibility index (Phi) is 11.1. The Balaban J connectivity index is 0. The van der Waals surface area contributed by atoms with Crippen LogP contribution in [0.5, 0.6) is 0 Å². The maximum absolute atomic E-state index is 11.5. The zero-order chi connectivity index (χ0) is 9.28. The third kappa shape index (κ3) is 12.6. The molecule has 0 aliphatic heterocycles. The normalized spacial score (nSPS) is 11.0. The summed E-state index contributed by atoms with van der Waals surface area (Å²) in [6.07, 6.45) is 0.402. The van der Waals surface area contributed by atoms with E-state index in [0.29, 0.717) is 6.42 Å². The highest BCUT2D eigenvalue weighted by Gasteiger charge is 2.00. The largest absolute Gasteiger partial charge is 0.354 e. The van der Waals surface area contributed by atoms with E-state index in [0.717, 1.165) is 0 Å². The van der Waals surface area contributed by atoms with Gasteiger partial charge in [0, 0.05) is 13.0 Å². The maximum atomic E-state index is 11.5. The average Bonchev–Trinajstić information content (AvgIpc) is 1.91. The minimum atomic E-state index is -0.374. The molecular weight excluding hydrogens is 145 g/mol. The van der Waals surface area contributed by atoms with Gasteiger partial charge in [0.25, 0.3) is 0 Å². The van der Waals surface area contributed by atoms with E-state index in [1.165, 1.54) is 6.92 Å². The molecular formula is C8H18FNO. The van der Waals surface area contributed by atoms with E-state index in [4.69, 9.17) is 0 Å². The molecule has 0 heterocycles. The number of carbonyl (C=O) groups excluding carboxylic acids is 1. The molecule has 2 nitrogen and oxygen atoms in total. The molecule has 0 aliphatic carbocycles. The van der Waals surface area contributed by atoms with E-state index >= 15 is 0 Å². The molecule has 1 atom stereocenters. The van der Waals surface area contributed by atoms with Gasteiger partial charge in [-0.1, -0.05) is 13.8 Å². The van der Waals surface area contributed by atoms with Gasteiger partial charge in [0.1, 0.15) is 0 Å². The SMILES string of the molecule is CC.CC(=O)NC(C)CCF. The van der Waals surface area contributed by atoms with E-state index in [9.17, 15) is 9.18 Å². The summed E-state index contributed by atoms with van der Waals surface area (Å²) in [5.74, 6) is -0.101. The lowest BCUT2D eigenvalue weighted by Crippen LogP contribution is -2.30. The molecule has 0 bridgehead atoms. The Morgan fingerprint density at radius 2 is 2.00 bits per heavy atom. The van der Waals surface area contributed by atoms with Crippen molar-refractivity contribution < 1.29 is 9.18 Å². The van der Waals surface area contributed by atoms with Gasteiger partial charge in [0.2, 0.25) is 5.91 Å². The van der Waals surface area contributed by atoms with Crippen LogP contribution in [0, 0.1) is 0 Å². The van der Waals surface area contributed by atoms with Gasteiger partial charge in [-0.3, -0.25) is 9.18 Å². The first-order valence-electron chi connectivity index (χ1n) is 4.00. The Morgan fingerprint density at radius 1 is 1.55 bits per heavy atom. The summed E-state index contributed by atoms with van der Waals surface area (Å²) in [6, 6.07) is -0.0347. The van der Waals surface area contributed by atoms with Crippen LogP contribution in [-0.2, 0) is 4.79 Å². The molecule has 0 fully saturated rings. The molecule has 1 amide bonds. The van der Waals surface area contributed by atoms with Crippen LogP contribution in [0.2, 0.25) is 0 Å². The third-order valence-electron chi connectivity index (χ3n) is 0.992. The lowest BCUT2D eigenvalue weighted by molar-refractivity contribution is -0.119. The summed E-state index contributed by atoms with van der Waals surface area (Å²) < 4.78 is 11.5. The molecule has 11 heavy (non-hydrogen) atoms. The molecule has 68 valence electrons. The van der Waals surface area contributed by atoms with Crippen molar-refractivity contribution in [2.24, 2.45) is 0 Å². The minimum Gasteiger partial charge on any atom is -0.354 e. The number of hydrogen-bond acceptors (Lipinski definition) is 1. The predicted octanol–water partition coefficient (Wildman–Crippen LogP) is 1.90. The van der Waals surface area contributed by atoms with Gasteiger partial charge in [-0.05, 0) is 13.3 Å². The molecule has 0 aromatic rings. The van der Waals surface area contributed by atoms with Crippen LogP contribution in [0.15, 0.2) is 0 Å². The Labute approximate surface area is 68.2 Å². The average molecular weight is 163 g/mol. The van der Waals surface area contributed by atoms with Crippen molar-refractivity contribution in [3.8, 4) is 0 Å². The summed E-state index contributed by atoms with van der Waals surface area (Å²) in [4.78, 5) is 10.3. The molecule has 0 spiro atoms. The fourth-order valence-electron chi connectivity index (χ4n) is 0.583. The first kappa shape index (κ1) is 13.0. The lowest BCUT2D eigenvalue weighted by Gasteiger charge is -2.08. The highest BCUT2D eigenvalue weighted by molar-refractivity contribution is 5.73. The Hall–Kier alpha value is -0.600. The maximum Gasteiger partial charge on any atom is 0.217 e. The van der Waals surface area contributed by atoms with Gasteiger partial charge in [-0.2, -0.15) is 0 Å². The second kappa shape index (κ2) is 9.40. The molecule has 0 rings (SSSR count). The van der Waals surface area contributed by atoms with Crippen LogP contribution >= 0.6 is 0 Å². The van der Waals surface area contributed by atoms with Crippen molar-refractivity contribution in [3.63, 3.8) is 0 Å². The van der Waals surface area contributed by atoms with E-state index in [-0.39, 0.29) is 18.6 Å². The van der Waals surface area contributed by atoms with Gasteiger partial charge in [-0.15, -0.1) is 0 Å². The van der Waals surface area contributed by atoms with Gasteiger partial charge in [-0.25, -0.2) is 0 Å². The zero-order valence-electron chi connectivity index (χ0n) is 7.78. The van der Waals surface area contributed by atoms with Crippen molar-refractivity contribution in [2.75, 3.05) is 6.67 Å². The van der Waals surface area contributed by atoms with Gasteiger partial charge >= 0.3 is 0 Å². The molecule has 0 saturated heterocycles. The van der Waals surface area contributed by atoms with Crippen LogP contribution in [0.1, 0.15) is 34.1 Å². The summed E-state index contributed by atoms with van der Waals surface area (Å²) in [6.45, 7) is 6.83. The number of nitrogens with one attached hydrogen (secondary N) is 1. The Morgan fingerprint density at radius 3 is 2.27 bits per heavy atom. The van der Waals surface area contributed by atoms with Crippen LogP contribution < -0.4 is 5.32 Å². The summed E-state index contributed by atoms with van der Waals surface area (Å²) in [5, 5.41) is 2.56. The first-order chi connectivity index (χ1) is 5.16. The van der Waals surface area contributed by atoms with Gasteiger partial charge in [0.15, 0.2) is 0 Å². The molecule has 0 radical (unpaired) electrons. The smallest absolute Gasteiger partial charge is 0.217 e. The predicted molar refractivity (Wildman–Crippen MR) is 45.2 cm³/mol. The van der Waals surface area contributed by atoms with Crippen LogP contribution in [0.4, 0.5) is 4.39 Å². The highest BCUT2D eigenvalue weighted by Crippen LogP contribution is 1.89. The van der Waals surface area contributed by atoms with E-state index in [1.807, 2.05) is 13.8 Å². The number of hydrogen-bond donors (Lipinski definition) is 1. The minimum absolute atomic E-state index is 0.0347. The number of halogens is 1. The van der Waals surface area contributed by atoms with Crippen molar-refractivity contribution >= 4 is 5.91 Å².